The van der Waals surface area contributed by atoms with Crippen LogP contribution in [0.5, 0.6) is 0 Å². The number of hydrogen-bond acceptors (Lipinski definition) is 5. The van der Waals surface area contributed by atoms with Crippen molar-refractivity contribution in [1.82, 2.24) is 20.9 Å². The van der Waals surface area contributed by atoms with Gasteiger partial charge in [0.1, 0.15) is 12.1 Å². The number of amides is 4. The Bertz CT molecular complexity index is 958. The topological polar surface area (TPSA) is 145 Å². The molecule has 10 nitrogen and oxygen atoms in total. The third kappa shape index (κ3) is 9.60. The summed E-state index contributed by atoms with van der Waals surface area (Å²) in [7, 11) is 0. The minimum Gasteiger partial charge on any atom is -0.465 e. The molecule has 0 spiro atoms. The summed E-state index contributed by atoms with van der Waals surface area (Å²) in [4.78, 5) is 63.8. The second-order valence-corrected chi connectivity index (χ2v) is 11.3. The Morgan fingerprint density at radius 2 is 1.54 bits per heavy atom. The third-order valence-electron chi connectivity index (χ3n) is 6.67. The predicted octanol–water partition coefficient (Wildman–Crippen LogP) is 2.61. The van der Waals surface area contributed by atoms with Crippen molar-refractivity contribution in [3.63, 3.8) is 0 Å². The molecule has 222 valence electrons. The van der Waals surface area contributed by atoms with Gasteiger partial charge < -0.3 is 26.0 Å². The first-order valence-corrected chi connectivity index (χ1v) is 12.6. The minimum absolute atomic E-state index is 0.263. The van der Waals surface area contributed by atoms with Crippen LogP contribution in [0, 0.1) is 11.3 Å². The summed E-state index contributed by atoms with van der Waals surface area (Å²) in [5.41, 5.74) is -1.04. The van der Waals surface area contributed by atoms with Gasteiger partial charge in [-0.3, -0.25) is 19.2 Å². The molecule has 2 fully saturated rings. The van der Waals surface area contributed by atoms with Crippen LogP contribution in [0.15, 0.2) is 0 Å². The van der Waals surface area contributed by atoms with E-state index in [1.807, 2.05) is 5.32 Å². The summed E-state index contributed by atoms with van der Waals surface area (Å²) in [6, 6.07) is -5.28. The lowest BCUT2D eigenvalue weighted by Gasteiger charge is -2.42. The Labute approximate surface area is 222 Å². The molecule has 1 saturated carbocycles. The smallest absolute Gasteiger partial charge is 0.405 e. The predicted molar refractivity (Wildman–Crippen MR) is 127 cm³/mol. The maximum atomic E-state index is 13.6. The Morgan fingerprint density at radius 1 is 0.949 bits per heavy atom. The summed E-state index contributed by atoms with van der Waals surface area (Å²) in [5.74, 6) is -9.82. The molecule has 4 atom stereocenters. The normalized spacial score (nSPS) is 21.9. The van der Waals surface area contributed by atoms with Gasteiger partial charge in [0.25, 0.3) is 5.91 Å². The van der Waals surface area contributed by atoms with E-state index in [0.29, 0.717) is 19.8 Å². The quantitative estimate of drug-likeness (QED) is 0.235. The van der Waals surface area contributed by atoms with Crippen molar-refractivity contribution >= 4 is 29.6 Å². The van der Waals surface area contributed by atoms with E-state index in [9.17, 15) is 51.0 Å². The fraction of sp³-hybridized carbons (Fsp3) is 0.792. The van der Waals surface area contributed by atoms with E-state index in [-0.39, 0.29) is 6.04 Å². The molecule has 0 aromatic heterocycles. The lowest BCUT2D eigenvalue weighted by molar-refractivity contribution is -0.193. The van der Waals surface area contributed by atoms with Gasteiger partial charge in [0.05, 0.1) is 12.0 Å². The highest BCUT2D eigenvalue weighted by atomic mass is 19.4. The summed E-state index contributed by atoms with van der Waals surface area (Å²) < 4.78 is 67.9. The Morgan fingerprint density at radius 3 is 2.00 bits per heavy atom. The van der Waals surface area contributed by atoms with Crippen molar-refractivity contribution in [2.24, 2.45) is 11.3 Å². The SMILES string of the molecule is CC(F)(F)CC[C@H](NC(=O)[C@@H]1C[C@H](C(F)(F)F)CCN1C(=O)[C@@H](NC(=O)O)C(C)(C)C)C(=O)C(=O)NC1CC1. The first-order chi connectivity index (χ1) is 17.7. The maximum Gasteiger partial charge on any atom is 0.405 e. The number of hydrogen-bond donors (Lipinski definition) is 4. The monoisotopic (exact) mass is 570 g/mol. The minimum atomic E-state index is -4.72. The molecule has 0 aromatic carbocycles. The zero-order valence-corrected chi connectivity index (χ0v) is 22.2. The summed E-state index contributed by atoms with van der Waals surface area (Å²) in [6.45, 7) is 4.56. The lowest BCUT2D eigenvalue weighted by Crippen LogP contribution is -2.63. The van der Waals surface area contributed by atoms with E-state index in [0.717, 1.165) is 4.90 Å². The van der Waals surface area contributed by atoms with E-state index >= 15 is 0 Å². The Kier molecular flexibility index (Phi) is 9.93. The van der Waals surface area contributed by atoms with Crippen LogP contribution in [0.25, 0.3) is 0 Å². The molecule has 2 aliphatic rings. The number of carboxylic acid groups (broad SMARTS) is 1. The van der Waals surface area contributed by atoms with Gasteiger partial charge in [0.2, 0.25) is 23.5 Å². The largest absolute Gasteiger partial charge is 0.465 e. The van der Waals surface area contributed by atoms with Crippen LogP contribution in [0.1, 0.15) is 66.2 Å². The number of halogens is 5. The van der Waals surface area contributed by atoms with Crippen molar-refractivity contribution in [1.29, 1.82) is 0 Å². The van der Waals surface area contributed by atoms with Crippen molar-refractivity contribution in [2.75, 3.05) is 6.54 Å². The number of Topliss-reactive ketones (excluding diaryl/α,β-unsaturated/α-hetero) is 1. The average molecular weight is 571 g/mol. The fourth-order valence-corrected chi connectivity index (χ4v) is 4.29. The van der Waals surface area contributed by atoms with Crippen LogP contribution in [-0.4, -0.2) is 82.4 Å². The van der Waals surface area contributed by atoms with Crippen molar-refractivity contribution in [3.8, 4) is 0 Å². The van der Waals surface area contributed by atoms with Gasteiger partial charge in [-0.25, -0.2) is 13.6 Å². The number of ketones is 1. The average Bonchev–Trinajstić information content (AvgIpc) is 3.60. The van der Waals surface area contributed by atoms with Crippen LogP contribution in [0.4, 0.5) is 26.7 Å². The van der Waals surface area contributed by atoms with E-state index in [1.165, 1.54) is 20.8 Å². The molecule has 1 aliphatic heterocycles. The highest BCUT2D eigenvalue weighted by Gasteiger charge is 2.49. The second-order valence-electron chi connectivity index (χ2n) is 11.3. The number of likely N-dealkylation sites (tertiary alicyclic amines) is 1. The van der Waals surface area contributed by atoms with Crippen LogP contribution >= 0.6 is 0 Å². The molecule has 1 saturated heterocycles. The number of carbonyl (C=O) groups excluding carboxylic acids is 4. The molecule has 0 bridgehead atoms. The number of rotatable bonds is 10. The van der Waals surface area contributed by atoms with E-state index in [2.05, 4.69) is 10.6 Å². The number of carbonyl (C=O) groups is 5. The Hall–Kier alpha value is -3.00. The zero-order chi connectivity index (χ0) is 29.9. The number of nitrogens with one attached hydrogen (secondary N) is 3. The molecular formula is C24H35F5N4O6. The first kappa shape index (κ1) is 32.2. The second kappa shape index (κ2) is 12.0. The maximum absolute atomic E-state index is 13.6. The van der Waals surface area contributed by atoms with E-state index in [4.69, 9.17) is 0 Å². The molecule has 0 radical (unpaired) electrons. The van der Waals surface area contributed by atoms with Gasteiger partial charge in [-0.1, -0.05) is 20.8 Å². The number of piperidine rings is 1. The Balaban J connectivity index is 2.36. The fourth-order valence-electron chi connectivity index (χ4n) is 4.29. The summed E-state index contributed by atoms with van der Waals surface area (Å²) in [5, 5.41) is 15.7. The summed E-state index contributed by atoms with van der Waals surface area (Å²) in [6.07, 6.45) is -8.11. The molecule has 15 heteroatoms. The third-order valence-corrected chi connectivity index (χ3v) is 6.67. The highest BCUT2D eigenvalue weighted by Crippen LogP contribution is 2.37. The molecule has 0 aromatic rings. The van der Waals surface area contributed by atoms with Gasteiger partial charge >= 0.3 is 12.3 Å². The molecule has 2 rings (SSSR count). The van der Waals surface area contributed by atoms with Crippen LogP contribution in [0.3, 0.4) is 0 Å². The molecular weight excluding hydrogens is 535 g/mol. The van der Waals surface area contributed by atoms with Crippen LogP contribution in [-0.2, 0) is 19.2 Å². The number of alkyl halides is 5. The van der Waals surface area contributed by atoms with Gasteiger partial charge in [0, 0.05) is 19.0 Å². The van der Waals surface area contributed by atoms with Crippen molar-refractivity contribution < 1.29 is 51.0 Å². The van der Waals surface area contributed by atoms with Crippen molar-refractivity contribution in [3.05, 3.63) is 0 Å². The van der Waals surface area contributed by atoms with Crippen LogP contribution in [0.2, 0.25) is 0 Å². The molecule has 4 amide bonds. The number of nitrogens with zero attached hydrogens (tertiary/aromatic N) is 1. The molecule has 1 aliphatic carbocycles. The van der Waals surface area contributed by atoms with Crippen molar-refractivity contribution in [2.45, 2.75) is 102 Å². The van der Waals surface area contributed by atoms with Crippen LogP contribution < -0.4 is 16.0 Å². The molecule has 0 unspecified atom stereocenters. The molecule has 4 N–H and O–H groups in total. The first-order valence-electron chi connectivity index (χ1n) is 12.6. The van der Waals surface area contributed by atoms with E-state index in [1.54, 1.807) is 0 Å². The van der Waals surface area contributed by atoms with Gasteiger partial charge in [-0.05, 0) is 44.4 Å². The molecule has 39 heavy (non-hydrogen) atoms. The van der Waals surface area contributed by atoms with Gasteiger partial charge in [-0.15, -0.1) is 0 Å². The van der Waals surface area contributed by atoms with Gasteiger partial charge in [-0.2, -0.15) is 13.2 Å². The molecule has 1 heterocycles. The standard InChI is InChI=1S/C24H35F5N4O6/c1-22(2,3)17(32-21(38)39)20(37)33-10-8-12(24(27,28)29)11-15(33)18(35)31-14(7-9-23(4,25)26)16(34)19(36)30-13-5-6-13/h12-15,17,32H,5-11H2,1-4H3,(H,30,36)(H,31,35)(H,38,39)/t12-,14+,15+,17-/m1/s1. The zero-order valence-electron chi connectivity index (χ0n) is 22.2. The van der Waals surface area contributed by atoms with E-state index < -0.39 is 103 Å². The lowest BCUT2D eigenvalue weighted by atomic mass is 9.83. The highest BCUT2D eigenvalue weighted by molar-refractivity contribution is 6.38. The van der Waals surface area contributed by atoms with Gasteiger partial charge in [0.15, 0.2) is 0 Å². The summed E-state index contributed by atoms with van der Waals surface area (Å²) >= 11 is 0.